The number of fused-ring (bicyclic) bond motifs is 12. The van der Waals surface area contributed by atoms with Gasteiger partial charge in [-0.2, -0.15) is 0 Å². The van der Waals surface area contributed by atoms with Gasteiger partial charge in [-0.1, -0.05) is 51.6 Å². The van der Waals surface area contributed by atoms with Crippen LogP contribution in [0.5, 0.6) is 0 Å². The van der Waals surface area contributed by atoms with Gasteiger partial charge in [0.05, 0.1) is 22.3 Å². The number of carbonyl (C=O) groups is 2. The number of ether oxygens (including phenoxy) is 1. The van der Waals surface area contributed by atoms with Crippen molar-refractivity contribution in [3.05, 3.63) is 10.1 Å². The van der Waals surface area contributed by atoms with Gasteiger partial charge in [-0.3, -0.25) is 9.63 Å². The average molecular weight is 600 g/mol. The second-order valence-electron chi connectivity index (χ2n) is 8.74. The molecule has 0 aromatic rings. The normalized spacial score (nSPS) is 42.9. The van der Waals surface area contributed by atoms with Crippen molar-refractivity contribution in [1.82, 2.24) is 10.2 Å². The molecule has 0 aromatic heterocycles. The molecule has 3 saturated carbocycles. The van der Waals surface area contributed by atoms with Gasteiger partial charge in [0.15, 0.2) is 4.33 Å². The van der Waals surface area contributed by atoms with Crippen LogP contribution < -0.4 is 5.32 Å². The second kappa shape index (κ2) is 8.65. The molecular weight excluding hydrogens is 579 g/mol. The van der Waals surface area contributed by atoms with E-state index in [0.29, 0.717) is 21.9 Å². The zero-order valence-corrected chi connectivity index (χ0v) is 23.2. The van der Waals surface area contributed by atoms with E-state index in [1.165, 1.54) is 11.9 Å². The minimum atomic E-state index is -1.37. The number of hydrogen-bond donors (Lipinski definition) is 1. The maximum Gasteiger partial charge on any atom is 0.433 e. The highest BCUT2D eigenvalue weighted by Gasteiger charge is 2.89. The van der Waals surface area contributed by atoms with E-state index in [1.807, 2.05) is 0 Å². The molecular formula is C19H21Cl6N3O4S. The number of rotatable bonds is 1. The average Bonchev–Trinajstić information content (AvgIpc) is 3.32. The lowest BCUT2D eigenvalue weighted by Crippen LogP contribution is -2.46. The molecule has 33 heavy (non-hydrogen) atoms. The lowest BCUT2D eigenvalue weighted by atomic mass is 9.73. The molecule has 5 aliphatic rings. The summed E-state index contributed by atoms with van der Waals surface area (Å²) in [6.45, 7) is 0. The third-order valence-corrected chi connectivity index (χ3v) is 12.0. The zero-order chi connectivity index (χ0) is 24.7. The second-order valence-corrected chi connectivity index (χ2v) is 12.8. The van der Waals surface area contributed by atoms with E-state index in [1.54, 1.807) is 20.4 Å². The summed E-state index contributed by atoms with van der Waals surface area (Å²) < 4.78 is 4.35. The molecule has 2 amide bonds. The highest BCUT2D eigenvalue weighted by Crippen LogP contribution is 2.84. The topological polar surface area (TPSA) is 83.5 Å². The van der Waals surface area contributed by atoms with Crippen molar-refractivity contribution in [2.45, 2.75) is 32.7 Å². The Labute approximate surface area is 225 Å². The van der Waals surface area contributed by atoms with Gasteiger partial charge >= 0.3 is 6.09 Å². The van der Waals surface area contributed by atoms with Crippen LogP contribution in [0.25, 0.3) is 0 Å². The summed E-state index contributed by atoms with van der Waals surface area (Å²) in [5.74, 6) is 0.472. The maximum atomic E-state index is 11.3. The van der Waals surface area contributed by atoms with Crippen molar-refractivity contribution in [3.63, 3.8) is 0 Å². The van der Waals surface area contributed by atoms with E-state index < -0.39 is 20.2 Å². The molecule has 14 heteroatoms. The van der Waals surface area contributed by atoms with Crippen LogP contribution in [0.3, 0.4) is 0 Å². The fourth-order valence-electron chi connectivity index (χ4n) is 5.78. The first-order chi connectivity index (χ1) is 15.3. The Bertz CT molecular complexity index is 920. The first kappa shape index (κ1) is 26.3. The van der Waals surface area contributed by atoms with E-state index in [0.717, 1.165) is 18.2 Å². The molecule has 5 rings (SSSR count). The highest BCUT2D eigenvalue weighted by molar-refractivity contribution is 8.15. The van der Waals surface area contributed by atoms with Gasteiger partial charge in [0.25, 0.3) is 5.91 Å². The number of nitrogens with one attached hydrogen (secondary N) is 1. The number of amides is 2. The van der Waals surface area contributed by atoms with E-state index in [4.69, 9.17) is 74.3 Å². The summed E-state index contributed by atoms with van der Waals surface area (Å²) in [5.41, 5.74) is 0. The van der Waals surface area contributed by atoms with E-state index in [9.17, 15) is 9.59 Å². The van der Waals surface area contributed by atoms with Gasteiger partial charge in [-0.05, 0) is 36.3 Å². The first-order valence-electron chi connectivity index (χ1n) is 10.00. The Kier molecular flexibility index (Phi) is 6.88. The third kappa shape index (κ3) is 3.38. The summed E-state index contributed by atoms with van der Waals surface area (Å²) in [4.78, 5) is 25.6. The number of thioether (sulfide) groups is 1. The molecule has 1 aliphatic heterocycles. The number of epoxide rings is 1. The SMILES string of the molecule is CNC(=O)O/N=C(/SC)C(=O)N(C)C.ClC1=C(Cl)C2(Cl)C3C4CC(C5OC45)C3C1(Cl)C2(Cl)Cl. The fourth-order valence-corrected chi connectivity index (χ4v) is 9.39. The van der Waals surface area contributed by atoms with Crippen LogP contribution in [-0.2, 0) is 14.4 Å². The smallest absolute Gasteiger partial charge is 0.369 e. The number of oxime groups is 1. The number of carbonyl (C=O) groups excluding carboxylic acids is 2. The van der Waals surface area contributed by atoms with Crippen molar-refractivity contribution in [2.24, 2.45) is 28.8 Å². The van der Waals surface area contributed by atoms with Gasteiger partial charge in [-0.15, -0.1) is 35.0 Å². The summed E-state index contributed by atoms with van der Waals surface area (Å²) in [6, 6.07) is 0. The molecule has 4 bridgehead atoms. The van der Waals surface area contributed by atoms with Gasteiger partial charge in [0, 0.05) is 21.1 Å². The van der Waals surface area contributed by atoms with Crippen LogP contribution in [0, 0.1) is 23.7 Å². The lowest BCUT2D eigenvalue weighted by Gasteiger charge is -2.38. The standard InChI is InChI=1S/C12H8Cl6O.C7H13N3O3S/c13-8-9(14)11(16)5-3-1-2(6-7(3)19-6)4(5)10(8,15)12(11,17)18;1-8-7(12)13-9-5(14-4)6(11)10(2)3/h2-7H,1H2;1-4H3,(H,8,12)/b;9-5+. The molecule has 8 atom stereocenters. The summed E-state index contributed by atoms with van der Waals surface area (Å²) in [7, 11) is 4.59. The molecule has 0 aromatic carbocycles. The Morgan fingerprint density at radius 2 is 1.58 bits per heavy atom. The molecule has 4 aliphatic carbocycles. The minimum Gasteiger partial charge on any atom is -0.369 e. The van der Waals surface area contributed by atoms with Gasteiger partial charge in [-0.25, -0.2) is 4.79 Å². The van der Waals surface area contributed by atoms with Crippen molar-refractivity contribution in [3.8, 4) is 0 Å². The molecule has 0 spiro atoms. The number of alkyl halides is 4. The van der Waals surface area contributed by atoms with Crippen LogP contribution in [0.15, 0.2) is 15.2 Å². The minimum absolute atomic E-state index is 0.0467. The molecule has 8 unspecified atom stereocenters. The number of halogens is 6. The number of nitrogens with zero attached hydrogens (tertiary/aromatic N) is 2. The van der Waals surface area contributed by atoms with Gasteiger partial charge in [0.1, 0.15) is 9.75 Å². The first-order valence-corrected chi connectivity index (χ1v) is 13.5. The molecule has 4 fully saturated rings. The van der Waals surface area contributed by atoms with Gasteiger partial charge in [0.2, 0.25) is 5.04 Å². The zero-order valence-electron chi connectivity index (χ0n) is 17.9. The molecule has 1 heterocycles. The van der Waals surface area contributed by atoms with Crippen LogP contribution >= 0.6 is 81.4 Å². The van der Waals surface area contributed by atoms with Crippen molar-refractivity contribution >= 4 is 98.4 Å². The number of hydrogen-bond acceptors (Lipinski definition) is 6. The van der Waals surface area contributed by atoms with Crippen LogP contribution in [0.4, 0.5) is 4.79 Å². The Morgan fingerprint density at radius 3 is 1.97 bits per heavy atom. The fraction of sp³-hybridized carbons (Fsp3) is 0.737. The predicted octanol–water partition coefficient (Wildman–Crippen LogP) is 4.59. The maximum absolute atomic E-state index is 11.3. The quantitative estimate of drug-likeness (QED) is 0.0907. The van der Waals surface area contributed by atoms with Gasteiger partial charge < -0.3 is 15.0 Å². The monoisotopic (exact) mass is 597 g/mol. The van der Waals surface area contributed by atoms with Crippen molar-refractivity contribution < 1.29 is 19.2 Å². The van der Waals surface area contributed by atoms with Crippen molar-refractivity contribution in [1.29, 1.82) is 0 Å². The Balaban J connectivity index is 0.000000168. The summed E-state index contributed by atoms with van der Waals surface area (Å²) >= 11 is 40.6. The highest BCUT2D eigenvalue weighted by atomic mass is 35.5. The molecule has 184 valence electrons. The van der Waals surface area contributed by atoms with E-state index in [2.05, 4.69) is 15.3 Å². The Morgan fingerprint density at radius 1 is 1.09 bits per heavy atom. The van der Waals surface area contributed by atoms with Crippen molar-refractivity contribution in [2.75, 3.05) is 27.4 Å². The van der Waals surface area contributed by atoms with Crippen LogP contribution in [0.2, 0.25) is 0 Å². The van der Waals surface area contributed by atoms with Crippen LogP contribution in [-0.4, -0.2) is 75.6 Å². The molecule has 7 nitrogen and oxygen atoms in total. The number of allylic oxidation sites excluding steroid dienone is 2. The predicted molar refractivity (Wildman–Crippen MR) is 133 cm³/mol. The largest absolute Gasteiger partial charge is 0.433 e. The van der Waals surface area contributed by atoms with E-state index >= 15 is 0 Å². The summed E-state index contributed by atoms with van der Waals surface area (Å²) in [5, 5.41) is 6.39. The molecule has 1 saturated heterocycles. The van der Waals surface area contributed by atoms with Crippen LogP contribution in [0.1, 0.15) is 6.42 Å². The lowest BCUT2D eigenvalue weighted by molar-refractivity contribution is -0.121. The molecule has 0 radical (unpaired) electrons. The summed E-state index contributed by atoms with van der Waals surface area (Å²) in [6.07, 6.45) is 2.60. The molecule has 1 N–H and O–H groups in total. The Hall–Kier alpha value is 0.200. The van der Waals surface area contributed by atoms with E-state index in [-0.39, 0.29) is 35.0 Å². The third-order valence-electron chi connectivity index (χ3n) is 7.12.